The molecule has 0 saturated carbocycles. The van der Waals surface area contributed by atoms with E-state index in [4.69, 9.17) is 4.74 Å². The average molecular weight is 288 g/mol. The van der Waals surface area contributed by atoms with Crippen molar-refractivity contribution >= 4 is 17.3 Å². The molecule has 0 radical (unpaired) electrons. The molecule has 0 aliphatic heterocycles. The lowest BCUT2D eigenvalue weighted by atomic mass is 10.1. The largest absolute Gasteiger partial charge is 0.494 e. The highest BCUT2D eigenvalue weighted by atomic mass is 19.1. The van der Waals surface area contributed by atoms with Crippen LogP contribution in [0.3, 0.4) is 0 Å². The van der Waals surface area contributed by atoms with Gasteiger partial charge in [-0.25, -0.2) is 4.39 Å². The molecule has 0 aliphatic rings. The summed E-state index contributed by atoms with van der Waals surface area (Å²) in [5.41, 5.74) is 2.64. The lowest BCUT2D eigenvalue weighted by Crippen LogP contribution is -2.15. The Bertz CT molecular complexity index is 671. The third-order valence-corrected chi connectivity index (χ3v) is 3.10. The van der Waals surface area contributed by atoms with Gasteiger partial charge in [0, 0.05) is 18.8 Å². The number of benzene rings is 2. The molecule has 0 spiro atoms. The van der Waals surface area contributed by atoms with E-state index in [2.05, 4.69) is 10.6 Å². The summed E-state index contributed by atoms with van der Waals surface area (Å²) in [4.78, 5) is 12.4. The van der Waals surface area contributed by atoms with Crippen LogP contribution in [-0.4, -0.2) is 20.1 Å². The predicted molar refractivity (Wildman–Crippen MR) is 81.6 cm³/mol. The molecule has 0 saturated heterocycles. The molecule has 0 bridgehead atoms. The first-order valence-electron chi connectivity index (χ1n) is 6.48. The van der Waals surface area contributed by atoms with E-state index in [9.17, 15) is 9.18 Å². The molecule has 0 fully saturated rings. The standard InChI is InChI=1S/C16H17FN2O2/c1-10-4-6-13(18-2)12(8-10)16(20)19-14-7-5-11(17)9-15(14)21-3/h4-9,18H,1-3H3,(H,19,20). The molecule has 2 aromatic carbocycles. The summed E-state index contributed by atoms with van der Waals surface area (Å²) in [5.74, 6) is -0.425. The molecule has 0 unspecified atom stereocenters. The van der Waals surface area contributed by atoms with Crippen LogP contribution >= 0.6 is 0 Å². The van der Waals surface area contributed by atoms with Crippen molar-refractivity contribution in [3.8, 4) is 5.75 Å². The van der Waals surface area contributed by atoms with Crippen molar-refractivity contribution < 1.29 is 13.9 Å². The molecule has 1 amide bonds. The highest BCUT2D eigenvalue weighted by Gasteiger charge is 2.14. The minimum Gasteiger partial charge on any atom is -0.494 e. The van der Waals surface area contributed by atoms with Gasteiger partial charge in [0.1, 0.15) is 11.6 Å². The van der Waals surface area contributed by atoms with Gasteiger partial charge in [0.15, 0.2) is 0 Å². The van der Waals surface area contributed by atoms with Crippen molar-refractivity contribution in [2.45, 2.75) is 6.92 Å². The molecule has 0 aliphatic carbocycles. The summed E-state index contributed by atoms with van der Waals surface area (Å²) in [6.07, 6.45) is 0. The van der Waals surface area contributed by atoms with Crippen LogP contribution in [0.1, 0.15) is 15.9 Å². The number of carbonyl (C=O) groups excluding carboxylic acids is 1. The molecule has 21 heavy (non-hydrogen) atoms. The second kappa shape index (κ2) is 6.26. The number of anilines is 2. The van der Waals surface area contributed by atoms with Crippen LogP contribution < -0.4 is 15.4 Å². The van der Waals surface area contributed by atoms with Gasteiger partial charge >= 0.3 is 0 Å². The van der Waals surface area contributed by atoms with Crippen LogP contribution in [0.5, 0.6) is 5.75 Å². The van der Waals surface area contributed by atoms with E-state index in [0.717, 1.165) is 11.3 Å². The van der Waals surface area contributed by atoms with E-state index < -0.39 is 5.82 Å². The van der Waals surface area contributed by atoms with Crippen LogP contribution in [0.2, 0.25) is 0 Å². The number of nitrogens with one attached hydrogen (secondary N) is 2. The highest BCUT2D eigenvalue weighted by Crippen LogP contribution is 2.26. The van der Waals surface area contributed by atoms with E-state index >= 15 is 0 Å². The summed E-state index contributed by atoms with van der Waals surface area (Å²) in [6, 6.07) is 9.52. The van der Waals surface area contributed by atoms with Gasteiger partial charge in [-0.2, -0.15) is 0 Å². The normalized spacial score (nSPS) is 10.1. The molecule has 4 nitrogen and oxygen atoms in total. The number of rotatable bonds is 4. The first-order chi connectivity index (χ1) is 10.0. The molecule has 110 valence electrons. The zero-order valence-corrected chi connectivity index (χ0v) is 12.2. The number of hydrogen-bond acceptors (Lipinski definition) is 3. The van der Waals surface area contributed by atoms with Crippen molar-refractivity contribution in [3.05, 3.63) is 53.3 Å². The number of methoxy groups -OCH3 is 1. The van der Waals surface area contributed by atoms with E-state index in [0.29, 0.717) is 11.3 Å². The topological polar surface area (TPSA) is 50.4 Å². The van der Waals surface area contributed by atoms with Gasteiger partial charge in [-0.05, 0) is 31.2 Å². The molecular weight excluding hydrogens is 271 g/mol. The molecule has 0 aromatic heterocycles. The maximum atomic E-state index is 13.2. The zero-order valence-electron chi connectivity index (χ0n) is 12.2. The van der Waals surface area contributed by atoms with Crippen LogP contribution in [0.15, 0.2) is 36.4 Å². The lowest BCUT2D eigenvalue weighted by Gasteiger charge is -2.13. The number of amides is 1. The Labute approximate surface area is 122 Å². The van der Waals surface area contributed by atoms with E-state index in [-0.39, 0.29) is 11.7 Å². The van der Waals surface area contributed by atoms with Gasteiger partial charge < -0.3 is 15.4 Å². The number of halogens is 1. The quantitative estimate of drug-likeness (QED) is 0.906. The Morgan fingerprint density at radius 2 is 1.86 bits per heavy atom. The second-order valence-corrected chi connectivity index (χ2v) is 4.60. The van der Waals surface area contributed by atoms with Crippen LogP contribution in [0.4, 0.5) is 15.8 Å². The maximum Gasteiger partial charge on any atom is 0.257 e. The summed E-state index contributed by atoms with van der Waals surface area (Å²) < 4.78 is 18.2. The fourth-order valence-electron chi connectivity index (χ4n) is 2.02. The number of ether oxygens (including phenoxy) is 1. The summed E-state index contributed by atoms with van der Waals surface area (Å²) >= 11 is 0. The summed E-state index contributed by atoms with van der Waals surface area (Å²) in [7, 11) is 3.18. The minimum atomic E-state index is -0.420. The predicted octanol–water partition coefficient (Wildman–Crippen LogP) is 3.44. The average Bonchev–Trinajstić information content (AvgIpc) is 2.48. The Morgan fingerprint density at radius 3 is 2.52 bits per heavy atom. The van der Waals surface area contributed by atoms with Gasteiger partial charge in [-0.15, -0.1) is 0 Å². The van der Waals surface area contributed by atoms with E-state index in [1.54, 1.807) is 13.1 Å². The molecule has 2 aromatic rings. The Morgan fingerprint density at radius 1 is 1.14 bits per heavy atom. The summed E-state index contributed by atoms with van der Waals surface area (Å²) in [5, 5.41) is 5.71. The van der Waals surface area contributed by atoms with Gasteiger partial charge in [-0.3, -0.25) is 4.79 Å². The third kappa shape index (κ3) is 3.31. The maximum absolute atomic E-state index is 13.2. The molecule has 2 rings (SSSR count). The van der Waals surface area contributed by atoms with E-state index in [1.807, 2.05) is 19.1 Å². The SMILES string of the molecule is CNc1ccc(C)cc1C(=O)Nc1ccc(F)cc1OC. The van der Waals surface area contributed by atoms with E-state index in [1.165, 1.54) is 25.3 Å². The van der Waals surface area contributed by atoms with Crippen molar-refractivity contribution in [3.63, 3.8) is 0 Å². The molecule has 2 N–H and O–H groups in total. The van der Waals surface area contributed by atoms with Crippen LogP contribution in [-0.2, 0) is 0 Å². The zero-order chi connectivity index (χ0) is 15.4. The van der Waals surface area contributed by atoms with Crippen molar-refractivity contribution in [2.75, 3.05) is 24.8 Å². The fraction of sp³-hybridized carbons (Fsp3) is 0.188. The van der Waals surface area contributed by atoms with Gasteiger partial charge in [0.2, 0.25) is 0 Å². The molecular formula is C16H17FN2O2. The van der Waals surface area contributed by atoms with Crippen LogP contribution in [0, 0.1) is 12.7 Å². The Kier molecular flexibility index (Phi) is 4.42. The summed E-state index contributed by atoms with van der Waals surface area (Å²) in [6.45, 7) is 1.91. The number of hydrogen-bond donors (Lipinski definition) is 2. The van der Waals surface area contributed by atoms with Gasteiger partial charge in [0.05, 0.1) is 18.4 Å². The van der Waals surface area contributed by atoms with Crippen LogP contribution in [0.25, 0.3) is 0 Å². The van der Waals surface area contributed by atoms with Crippen molar-refractivity contribution in [2.24, 2.45) is 0 Å². The minimum absolute atomic E-state index is 0.280. The smallest absolute Gasteiger partial charge is 0.257 e. The van der Waals surface area contributed by atoms with Crippen molar-refractivity contribution in [1.29, 1.82) is 0 Å². The first kappa shape index (κ1) is 14.8. The fourth-order valence-corrected chi connectivity index (χ4v) is 2.02. The first-order valence-corrected chi connectivity index (χ1v) is 6.48. The van der Waals surface area contributed by atoms with Gasteiger partial charge in [-0.1, -0.05) is 11.6 Å². The second-order valence-electron chi connectivity index (χ2n) is 4.60. The Balaban J connectivity index is 2.32. The number of aryl methyl sites for hydroxylation is 1. The molecule has 0 atom stereocenters. The monoisotopic (exact) mass is 288 g/mol. The van der Waals surface area contributed by atoms with Gasteiger partial charge in [0.25, 0.3) is 5.91 Å². The number of carbonyl (C=O) groups is 1. The highest BCUT2D eigenvalue weighted by molar-refractivity contribution is 6.08. The van der Waals surface area contributed by atoms with Crippen molar-refractivity contribution in [1.82, 2.24) is 0 Å². The lowest BCUT2D eigenvalue weighted by molar-refractivity contribution is 0.102. The Hall–Kier alpha value is -2.56. The molecule has 5 heteroatoms. The third-order valence-electron chi connectivity index (χ3n) is 3.10. The molecule has 0 heterocycles.